The molecule has 3 aliphatic carbocycles. The minimum atomic E-state index is -0.233. The number of ketones is 1. The maximum Gasteiger partial charge on any atom is 0.153 e. The summed E-state index contributed by atoms with van der Waals surface area (Å²) in [5.74, 6) is 0.539. The van der Waals surface area contributed by atoms with Gasteiger partial charge in [-0.25, -0.2) is 0 Å². The summed E-state index contributed by atoms with van der Waals surface area (Å²) in [5, 5.41) is 3.67. The molecule has 130 valence electrons. The van der Waals surface area contributed by atoms with Gasteiger partial charge in [-0.05, 0) is 42.2 Å². The van der Waals surface area contributed by atoms with Crippen molar-refractivity contribution in [2.75, 3.05) is 0 Å². The van der Waals surface area contributed by atoms with Crippen molar-refractivity contribution in [1.29, 1.82) is 0 Å². The highest BCUT2D eigenvalue weighted by Gasteiger charge is 2.61. The lowest BCUT2D eigenvalue weighted by Crippen LogP contribution is -2.38. The quantitative estimate of drug-likeness (QED) is 0.499. The van der Waals surface area contributed by atoms with Crippen molar-refractivity contribution in [2.45, 2.75) is 62.2 Å². The van der Waals surface area contributed by atoms with Crippen molar-refractivity contribution >= 4 is 27.5 Å². The summed E-state index contributed by atoms with van der Waals surface area (Å²) in [5.41, 5.74) is 3.26. The van der Waals surface area contributed by atoms with Crippen molar-refractivity contribution in [3.8, 4) is 0 Å². The van der Waals surface area contributed by atoms with Gasteiger partial charge in [0.2, 0.25) is 0 Å². The molecular weight excluding hydrogens is 318 g/mol. The smallest absolute Gasteiger partial charge is 0.153 e. The van der Waals surface area contributed by atoms with Crippen molar-refractivity contribution in [3.63, 3.8) is 0 Å². The number of Topliss-reactive ketones (excluding diaryl/α,β-unsaturated/α-hetero) is 1. The summed E-state index contributed by atoms with van der Waals surface area (Å²) in [6, 6.07) is 12.9. The van der Waals surface area contributed by atoms with Crippen LogP contribution in [0.5, 0.6) is 0 Å². The molecule has 1 aromatic heterocycles. The second kappa shape index (κ2) is 4.94. The van der Waals surface area contributed by atoms with Crippen LogP contribution >= 0.6 is 0 Å². The van der Waals surface area contributed by atoms with Crippen LogP contribution in [-0.2, 0) is 15.6 Å². The first-order valence-electron chi connectivity index (χ1n) is 10.1. The fourth-order valence-electron chi connectivity index (χ4n) is 6.44. The van der Waals surface area contributed by atoms with E-state index in [1.165, 1.54) is 53.0 Å². The Balaban J connectivity index is 1.76. The van der Waals surface area contributed by atoms with Crippen LogP contribution in [-0.4, -0.2) is 10.8 Å². The Morgan fingerprint density at radius 3 is 2.23 bits per heavy atom. The minimum Gasteiger partial charge on any atom is -0.298 e. The molecule has 0 N–H and O–H groups in total. The zero-order valence-electron chi connectivity index (χ0n) is 15.1. The molecule has 3 aromatic rings. The van der Waals surface area contributed by atoms with E-state index >= 15 is 0 Å². The van der Waals surface area contributed by atoms with Crippen LogP contribution in [0.3, 0.4) is 0 Å². The predicted octanol–water partition coefficient (Wildman–Crippen LogP) is 5.59. The van der Waals surface area contributed by atoms with E-state index < -0.39 is 0 Å². The number of carbonyl (C=O) groups excluding carboxylic acids is 1. The predicted molar refractivity (Wildman–Crippen MR) is 105 cm³/mol. The molecule has 0 saturated heterocycles. The number of hydrogen-bond donors (Lipinski definition) is 0. The average Bonchev–Trinajstić information content (AvgIpc) is 3.40. The third-order valence-electron chi connectivity index (χ3n) is 7.54. The van der Waals surface area contributed by atoms with Crippen LogP contribution in [0.25, 0.3) is 21.7 Å². The van der Waals surface area contributed by atoms with Crippen LogP contribution in [0, 0.1) is 0 Å². The van der Waals surface area contributed by atoms with Crippen LogP contribution in [0.15, 0.2) is 42.6 Å². The zero-order chi connectivity index (χ0) is 17.4. The highest BCUT2D eigenvalue weighted by Crippen LogP contribution is 2.60. The number of rotatable bonds is 0. The number of nitrogens with zero attached hydrogens (tertiary/aromatic N) is 1. The zero-order valence-corrected chi connectivity index (χ0v) is 15.1. The maximum absolute atomic E-state index is 13.9. The molecule has 26 heavy (non-hydrogen) atoms. The molecule has 2 spiro atoms. The molecular formula is C24H23NO. The molecule has 0 aliphatic heterocycles. The Morgan fingerprint density at radius 2 is 1.46 bits per heavy atom. The standard InChI is InChI=1S/C24H23NO/c26-22-23(11-3-4-12-23)19-15-25-21-17-8-2-1-7-16(17)9-10-18(21)20(19)24(22)13-5-6-14-24/h1-2,7-10,15H,3-6,11-14H2. The Morgan fingerprint density at radius 1 is 0.769 bits per heavy atom. The first kappa shape index (κ1) is 14.9. The molecule has 3 aliphatic rings. The van der Waals surface area contributed by atoms with Gasteiger partial charge in [-0.1, -0.05) is 62.1 Å². The Labute approximate surface area is 153 Å². The summed E-state index contributed by atoms with van der Waals surface area (Å²) in [7, 11) is 0. The lowest BCUT2D eigenvalue weighted by Gasteiger charge is -2.27. The molecule has 2 saturated carbocycles. The average molecular weight is 341 g/mol. The van der Waals surface area contributed by atoms with Gasteiger partial charge in [0.05, 0.1) is 16.3 Å². The molecule has 2 fully saturated rings. The summed E-state index contributed by atoms with van der Waals surface area (Å²) in [4.78, 5) is 18.8. The van der Waals surface area contributed by atoms with Gasteiger partial charge in [0.25, 0.3) is 0 Å². The fourth-order valence-corrected chi connectivity index (χ4v) is 6.44. The van der Waals surface area contributed by atoms with Crippen LogP contribution in [0.2, 0.25) is 0 Å². The number of benzene rings is 2. The molecule has 0 unspecified atom stereocenters. The minimum absolute atomic E-state index is 0.230. The van der Waals surface area contributed by atoms with Crippen molar-refractivity contribution in [2.24, 2.45) is 0 Å². The van der Waals surface area contributed by atoms with Gasteiger partial charge >= 0.3 is 0 Å². The largest absolute Gasteiger partial charge is 0.298 e. The van der Waals surface area contributed by atoms with Crippen LogP contribution in [0.1, 0.15) is 62.5 Å². The van der Waals surface area contributed by atoms with Crippen LogP contribution in [0.4, 0.5) is 0 Å². The summed E-state index contributed by atoms with van der Waals surface area (Å²) < 4.78 is 0. The topological polar surface area (TPSA) is 30.0 Å². The van der Waals surface area contributed by atoms with E-state index in [1.807, 2.05) is 0 Å². The Bertz CT molecular complexity index is 1070. The van der Waals surface area contributed by atoms with Crippen LogP contribution < -0.4 is 0 Å². The lowest BCUT2D eigenvalue weighted by molar-refractivity contribution is -0.128. The van der Waals surface area contributed by atoms with Gasteiger partial charge in [-0.3, -0.25) is 9.78 Å². The molecule has 2 nitrogen and oxygen atoms in total. The number of carbonyl (C=O) groups is 1. The van der Waals surface area contributed by atoms with Gasteiger partial charge in [-0.2, -0.15) is 0 Å². The molecule has 0 bridgehead atoms. The highest BCUT2D eigenvalue weighted by atomic mass is 16.1. The van der Waals surface area contributed by atoms with Gasteiger partial charge in [0, 0.05) is 17.0 Å². The van der Waals surface area contributed by atoms with E-state index in [0.717, 1.165) is 31.2 Å². The number of hydrogen-bond acceptors (Lipinski definition) is 2. The Kier molecular flexibility index (Phi) is 2.83. The second-order valence-corrected chi connectivity index (χ2v) is 8.64. The lowest BCUT2D eigenvalue weighted by atomic mass is 9.73. The highest BCUT2D eigenvalue weighted by molar-refractivity contribution is 6.13. The first-order chi connectivity index (χ1) is 12.8. The monoisotopic (exact) mass is 341 g/mol. The van der Waals surface area contributed by atoms with Gasteiger partial charge < -0.3 is 0 Å². The van der Waals surface area contributed by atoms with Crippen molar-refractivity contribution in [3.05, 3.63) is 53.7 Å². The van der Waals surface area contributed by atoms with Crippen molar-refractivity contribution in [1.82, 2.24) is 4.98 Å². The first-order valence-corrected chi connectivity index (χ1v) is 10.1. The normalized spacial score (nSPS) is 22.8. The summed E-state index contributed by atoms with van der Waals surface area (Å²) in [6.45, 7) is 0. The fraction of sp³-hybridized carbons (Fsp3) is 0.417. The molecule has 2 heteroatoms. The number of fused-ring (bicyclic) bond motifs is 7. The third-order valence-corrected chi connectivity index (χ3v) is 7.54. The number of pyridine rings is 1. The molecule has 6 rings (SSSR count). The van der Waals surface area contributed by atoms with E-state index in [1.54, 1.807) is 0 Å². The molecule has 0 amide bonds. The van der Waals surface area contributed by atoms with Gasteiger partial charge in [-0.15, -0.1) is 0 Å². The third kappa shape index (κ3) is 1.60. The van der Waals surface area contributed by atoms with Gasteiger partial charge in [0.1, 0.15) is 0 Å². The van der Waals surface area contributed by atoms with E-state index in [0.29, 0.717) is 5.78 Å². The van der Waals surface area contributed by atoms with Crippen molar-refractivity contribution < 1.29 is 4.79 Å². The van der Waals surface area contributed by atoms with E-state index in [-0.39, 0.29) is 10.8 Å². The Hall–Kier alpha value is -2.22. The summed E-state index contributed by atoms with van der Waals surface area (Å²) in [6.07, 6.45) is 10.9. The molecule has 0 atom stereocenters. The van der Waals surface area contributed by atoms with E-state index in [2.05, 4.69) is 42.6 Å². The molecule has 0 radical (unpaired) electrons. The maximum atomic E-state index is 13.9. The molecule has 2 aromatic carbocycles. The van der Waals surface area contributed by atoms with E-state index in [9.17, 15) is 4.79 Å². The van der Waals surface area contributed by atoms with E-state index in [4.69, 9.17) is 4.98 Å². The van der Waals surface area contributed by atoms with Gasteiger partial charge in [0.15, 0.2) is 5.78 Å². The molecule has 1 heterocycles. The second-order valence-electron chi connectivity index (χ2n) is 8.64. The summed E-state index contributed by atoms with van der Waals surface area (Å²) >= 11 is 0. The number of aromatic nitrogens is 1. The SMILES string of the molecule is O=C1C2(CCCC2)c2cnc3c(ccc4ccccc43)c2C12CCCC2.